The molecule has 1 heterocycles. The first-order valence-electron chi connectivity index (χ1n) is 6.76. The SMILES string of the molecule is CC(C)C(O)(Cc1ccccc1)Cc1ccccn1. The van der Waals surface area contributed by atoms with Crippen LogP contribution in [0.15, 0.2) is 54.7 Å². The Balaban J connectivity index is 2.18. The van der Waals surface area contributed by atoms with Crippen molar-refractivity contribution in [3.63, 3.8) is 0 Å². The molecule has 0 aliphatic heterocycles. The number of rotatable bonds is 5. The molecule has 19 heavy (non-hydrogen) atoms. The standard InChI is InChI=1S/C17H21NO/c1-14(2)17(19,12-15-8-4-3-5-9-15)13-16-10-6-7-11-18-16/h3-11,14,19H,12-13H2,1-2H3. The molecule has 0 radical (unpaired) electrons. The molecule has 0 saturated carbocycles. The number of aromatic nitrogens is 1. The summed E-state index contributed by atoms with van der Waals surface area (Å²) in [6.07, 6.45) is 3.01. The molecule has 0 fully saturated rings. The van der Waals surface area contributed by atoms with Crippen molar-refractivity contribution in [1.82, 2.24) is 4.98 Å². The first-order chi connectivity index (χ1) is 9.10. The van der Waals surface area contributed by atoms with Crippen molar-refractivity contribution in [3.8, 4) is 0 Å². The van der Waals surface area contributed by atoms with Crippen molar-refractivity contribution < 1.29 is 5.11 Å². The monoisotopic (exact) mass is 255 g/mol. The zero-order valence-electron chi connectivity index (χ0n) is 11.6. The van der Waals surface area contributed by atoms with Gasteiger partial charge in [0.2, 0.25) is 0 Å². The molecule has 0 amide bonds. The van der Waals surface area contributed by atoms with Gasteiger partial charge in [-0.3, -0.25) is 4.98 Å². The van der Waals surface area contributed by atoms with Crippen LogP contribution < -0.4 is 0 Å². The van der Waals surface area contributed by atoms with Crippen LogP contribution in [0.25, 0.3) is 0 Å². The van der Waals surface area contributed by atoms with Gasteiger partial charge in [0, 0.05) is 24.7 Å². The van der Waals surface area contributed by atoms with Crippen molar-refractivity contribution in [1.29, 1.82) is 0 Å². The Bertz CT molecular complexity index is 452. The van der Waals surface area contributed by atoms with Crippen LogP contribution in [0.4, 0.5) is 0 Å². The summed E-state index contributed by atoms with van der Waals surface area (Å²) < 4.78 is 0. The number of nitrogens with zero attached hydrogens (tertiary/aromatic N) is 1. The average Bonchev–Trinajstić information content (AvgIpc) is 2.40. The summed E-state index contributed by atoms with van der Waals surface area (Å²) in [5.41, 5.74) is 1.35. The van der Waals surface area contributed by atoms with Gasteiger partial charge in [0.1, 0.15) is 0 Å². The van der Waals surface area contributed by atoms with E-state index in [0.717, 1.165) is 11.3 Å². The van der Waals surface area contributed by atoms with Crippen molar-refractivity contribution >= 4 is 0 Å². The highest BCUT2D eigenvalue weighted by Gasteiger charge is 2.31. The van der Waals surface area contributed by atoms with Crippen molar-refractivity contribution in [2.24, 2.45) is 5.92 Å². The normalized spacial score (nSPS) is 14.3. The van der Waals surface area contributed by atoms with Crippen LogP contribution in [0, 0.1) is 5.92 Å². The van der Waals surface area contributed by atoms with E-state index in [9.17, 15) is 5.11 Å². The molecular formula is C17H21NO. The van der Waals surface area contributed by atoms with E-state index in [1.54, 1.807) is 6.20 Å². The molecule has 1 N–H and O–H groups in total. The van der Waals surface area contributed by atoms with Gasteiger partial charge in [0.25, 0.3) is 0 Å². The van der Waals surface area contributed by atoms with E-state index in [4.69, 9.17) is 0 Å². The van der Waals surface area contributed by atoms with Gasteiger partial charge in [0.05, 0.1) is 5.60 Å². The zero-order valence-corrected chi connectivity index (χ0v) is 11.6. The molecule has 1 aromatic carbocycles. The maximum atomic E-state index is 11.0. The first-order valence-corrected chi connectivity index (χ1v) is 6.76. The number of hydrogen-bond donors (Lipinski definition) is 1. The van der Waals surface area contributed by atoms with E-state index in [-0.39, 0.29) is 5.92 Å². The lowest BCUT2D eigenvalue weighted by atomic mass is 9.80. The highest BCUT2D eigenvalue weighted by Crippen LogP contribution is 2.26. The van der Waals surface area contributed by atoms with Crippen LogP contribution in [-0.2, 0) is 12.8 Å². The second-order valence-electron chi connectivity index (χ2n) is 5.42. The molecule has 2 heteroatoms. The summed E-state index contributed by atoms with van der Waals surface area (Å²) >= 11 is 0. The Morgan fingerprint density at radius 2 is 1.68 bits per heavy atom. The molecule has 2 rings (SSSR count). The summed E-state index contributed by atoms with van der Waals surface area (Å²) in [4.78, 5) is 4.33. The minimum Gasteiger partial charge on any atom is -0.389 e. The Hall–Kier alpha value is -1.67. The van der Waals surface area contributed by atoms with E-state index >= 15 is 0 Å². The second-order valence-corrected chi connectivity index (χ2v) is 5.42. The van der Waals surface area contributed by atoms with Crippen molar-refractivity contribution in [2.75, 3.05) is 0 Å². The van der Waals surface area contributed by atoms with Crippen molar-refractivity contribution in [2.45, 2.75) is 32.3 Å². The first kappa shape index (κ1) is 13.8. The number of benzene rings is 1. The Morgan fingerprint density at radius 1 is 1.00 bits per heavy atom. The fourth-order valence-corrected chi connectivity index (χ4v) is 2.24. The van der Waals surface area contributed by atoms with E-state index in [2.05, 4.69) is 31.0 Å². The van der Waals surface area contributed by atoms with Crippen LogP contribution in [-0.4, -0.2) is 15.7 Å². The molecular weight excluding hydrogens is 234 g/mol. The molecule has 2 nitrogen and oxygen atoms in total. The van der Waals surface area contributed by atoms with Crippen LogP contribution in [0.3, 0.4) is 0 Å². The molecule has 0 saturated heterocycles. The van der Waals surface area contributed by atoms with Crippen molar-refractivity contribution in [3.05, 3.63) is 66.0 Å². The number of pyridine rings is 1. The van der Waals surface area contributed by atoms with E-state index < -0.39 is 5.60 Å². The summed E-state index contributed by atoms with van der Waals surface area (Å²) in [5.74, 6) is 0.176. The lowest BCUT2D eigenvalue weighted by Crippen LogP contribution is -2.40. The molecule has 1 aromatic heterocycles. The molecule has 0 aliphatic rings. The summed E-state index contributed by atoms with van der Waals surface area (Å²) in [6, 6.07) is 16.0. The maximum Gasteiger partial charge on any atom is 0.0765 e. The average molecular weight is 255 g/mol. The Morgan fingerprint density at radius 3 is 2.26 bits per heavy atom. The van der Waals surface area contributed by atoms with Gasteiger partial charge in [-0.2, -0.15) is 0 Å². The fourth-order valence-electron chi connectivity index (χ4n) is 2.24. The fraction of sp³-hybridized carbons (Fsp3) is 0.353. The Kier molecular flexibility index (Phi) is 4.33. The van der Waals surface area contributed by atoms with Gasteiger partial charge >= 0.3 is 0 Å². The van der Waals surface area contributed by atoms with Gasteiger partial charge in [-0.15, -0.1) is 0 Å². The molecule has 0 aliphatic carbocycles. The molecule has 0 bridgehead atoms. The summed E-state index contributed by atoms with van der Waals surface area (Å²) in [6.45, 7) is 4.12. The third-order valence-corrected chi connectivity index (χ3v) is 3.64. The Labute approximate surface area is 115 Å². The number of hydrogen-bond acceptors (Lipinski definition) is 2. The minimum absolute atomic E-state index is 0.176. The highest BCUT2D eigenvalue weighted by molar-refractivity contribution is 5.19. The molecule has 2 aromatic rings. The van der Waals surface area contributed by atoms with Gasteiger partial charge in [0.15, 0.2) is 0 Å². The molecule has 1 unspecified atom stereocenters. The van der Waals surface area contributed by atoms with Gasteiger partial charge in [-0.25, -0.2) is 0 Å². The van der Waals surface area contributed by atoms with E-state index in [1.165, 1.54) is 0 Å². The quantitative estimate of drug-likeness (QED) is 0.889. The minimum atomic E-state index is -0.754. The molecule has 1 atom stereocenters. The third kappa shape index (κ3) is 3.65. The lowest BCUT2D eigenvalue weighted by Gasteiger charge is -2.32. The summed E-state index contributed by atoms with van der Waals surface area (Å²) in [7, 11) is 0. The zero-order chi connectivity index (χ0) is 13.7. The topological polar surface area (TPSA) is 33.1 Å². The van der Waals surface area contributed by atoms with Gasteiger partial charge < -0.3 is 5.11 Å². The largest absolute Gasteiger partial charge is 0.389 e. The van der Waals surface area contributed by atoms with Gasteiger partial charge in [-0.1, -0.05) is 50.2 Å². The van der Waals surface area contributed by atoms with Crippen LogP contribution in [0.1, 0.15) is 25.1 Å². The maximum absolute atomic E-state index is 11.0. The van der Waals surface area contributed by atoms with Crippen LogP contribution in [0.2, 0.25) is 0 Å². The van der Waals surface area contributed by atoms with Crippen LogP contribution >= 0.6 is 0 Å². The molecule has 100 valence electrons. The second kappa shape index (κ2) is 5.98. The number of aliphatic hydroxyl groups is 1. The predicted octanol–water partition coefficient (Wildman–Crippen LogP) is 3.25. The third-order valence-electron chi connectivity index (χ3n) is 3.64. The van der Waals surface area contributed by atoms with E-state index in [0.29, 0.717) is 12.8 Å². The van der Waals surface area contributed by atoms with E-state index in [1.807, 2.05) is 36.4 Å². The van der Waals surface area contributed by atoms with Crippen LogP contribution in [0.5, 0.6) is 0 Å². The lowest BCUT2D eigenvalue weighted by molar-refractivity contribution is -0.00524. The smallest absolute Gasteiger partial charge is 0.0765 e. The molecule has 0 spiro atoms. The summed E-state index contributed by atoms with van der Waals surface area (Å²) in [5, 5.41) is 11.0. The van der Waals surface area contributed by atoms with Gasteiger partial charge in [-0.05, 0) is 23.6 Å². The highest BCUT2D eigenvalue weighted by atomic mass is 16.3. The predicted molar refractivity (Wildman–Crippen MR) is 77.9 cm³/mol.